The highest BCUT2D eigenvalue weighted by Gasteiger charge is 2.58. The van der Waals surface area contributed by atoms with Crippen molar-refractivity contribution in [2.75, 3.05) is 13.7 Å². The van der Waals surface area contributed by atoms with Crippen LogP contribution in [0.5, 0.6) is 0 Å². The number of Topliss-reactive ketones (excluding diaryl/α,β-unsaturated/α-hetero) is 1. The number of rotatable bonds is 1. The Kier molecular flexibility index (Phi) is 2.73. The van der Waals surface area contributed by atoms with Crippen LogP contribution in [0, 0.1) is 5.41 Å². The number of allylic oxidation sites excluding steroid dienone is 1. The Balaban J connectivity index is 2.13. The Morgan fingerprint density at radius 2 is 1.95 bits per heavy atom. The number of hydrogen-bond acceptors (Lipinski definition) is 4. The molecule has 5 heteroatoms. The van der Waals surface area contributed by atoms with Gasteiger partial charge in [0.05, 0.1) is 7.11 Å². The van der Waals surface area contributed by atoms with Gasteiger partial charge in [0.2, 0.25) is 5.91 Å². The molecule has 2 heterocycles. The highest BCUT2D eigenvalue weighted by molar-refractivity contribution is 6.28. The highest BCUT2D eigenvalue weighted by atomic mass is 16.5. The van der Waals surface area contributed by atoms with E-state index in [1.165, 1.54) is 7.11 Å². The molecule has 0 bridgehead atoms. The van der Waals surface area contributed by atoms with E-state index in [4.69, 9.17) is 4.74 Å². The summed E-state index contributed by atoms with van der Waals surface area (Å²) in [6.07, 6.45) is 4.44. The molecule has 3 rings (SSSR count). The van der Waals surface area contributed by atoms with Crippen molar-refractivity contribution in [2.24, 2.45) is 5.41 Å². The Hall–Kier alpha value is -1.65. The molecular weight excluding hydrogens is 246 g/mol. The van der Waals surface area contributed by atoms with E-state index in [2.05, 4.69) is 0 Å². The van der Waals surface area contributed by atoms with Crippen molar-refractivity contribution in [3.8, 4) is 0 Å². The molecule has 1 amide bonds. The second-order valence-electron chi connectivity index (χ2n) is 5.49. The topological polar surface area (TPSA) is 63.7 Å². The molecule has 0 aromatic rings. The van der Waals surface area contributed by atoms with Gasteiger partial charge < -0.3 is 9.64 Å². The van der Waals surface area contributed by atoms with Gasteiger partial charge in [0.15, 0.2) is 5.78 Å². The number of ether oxygens (including phenoxy) is 1. The Morgan fingerprint density at radius 3 is 2.53 bits per heavy atom. The van der Waals surface area contributed by atoms with Crippen LogP contribution < -0.4 is 0 Å². The van der Waals surface area contributed by atoms with Gasteiger partial charge in [0.25, 0.3) is 0 Å². The zero-order chi connectivity index (χ0) is 13.6. The van der Waals surface area contributed by atoms with Gasteiger partial charge in [-0.25, -0.2) is 4.79 Å². The van der Waals surface area contributed by atoms with Crippen molar-refractivity contribution >= 4 is 17.7 Å². The summed E-state index contributed by atoms with van der Waals surface area (Å²) in [6.45, 7) is 0.615. The molecule has 0 unspecified atom stereocenters. The fourth-order valence-corrected chi connectivity index (χ4v) is 3.33. The zero-order valence-electron chi connectivity index (χ0n) is 11.0. The third-order valence-electron chi connectivity index (χ3n) is 4.57. The van der Waals surface area contributed by atoms with E-state index in [0.29, 0.717) is 31.5 Å². The van der Waals surface area contributed by atoms with E-state index in [-0.39, 0.29) is 17.3 Å². The molecule has 1 aliphatic carbocycles. The SMILES string of the molecule is COC(=O)C1=C2CCCCN2C(=O)C2(CCC2)C1=O. The minimum Gasteiger partial charge on any atom is -0.465 e. The molecule has 0 aromatic heterocycles. The molecule has 2 fully saturated rings. The monoisotopic (exact) mass is 263 g/mol. The molecule has 0 aromatic carbocycles. The van der Waals surface area contributed by atoms with Crippen LogP contribution in [-0.4, -0.2) is 36.2 Å². The standard InChI is InChI=1S/C14H17NO4/c1-19-12(17)10-9-5-2-3-8-15(9)13(18)14(11(10)16)6-4-7-14/h2-8H2,1H3. The van der Waals surface area contributed by atoms with Gasteiger partial charge in [-0.15, -0.1) is 0 Å². The van der Waals surface area contributed by atoms with E-state index in [9.17, 15) is 14.4 Å². The summed E-state index contributed by atoms with van der Waals surface area (Å²) >= 11 is 0. The molecule has 102 valence electrons. The first-order valence-corrected chi connectivity index (χ1v) is 6.80. The molecule has 0 radical (unpaired) electrons. The lowest BCUT2D eigenvalue weighted by Gasteiger charge is -2.47. The third kappa shape index (κ3) is 1.50. The Bertz CT molecular complexity index is 502. The summed E-state index contributed by atoms with van der Waals surface area (Å²) in [5, 5.41) is 0. The molecule has 19 heavy (non-hydrogen) atoms. The van der Waals surface area contributed by atoms with Crippen molar-refractivity contribution in [1.82, 2.24) is 4.90 Å². The summed E-state index contributed by atoms with van der Waals surface area (Å²) in [5.74, 6) is -0.986. The van der Waals surface area contributed by atoms with Crippen LogP contribution in [0.25, 0.3) is 0 Å². The van der Waals surface area contributed by atoms with Gasteiger partial charge in [-0.05, 0) is 32.1 Å². The number of piperidine rings is 1. The maximum absolute atomic E-state index is 12.6. The van der Waals surface area contributed by atoms with Crippen LogP contribution in [0.3, 0.4) is 0 Å². The molecule has 1 saturated carbocycles. The van der Waals surface area contributed by atoms with Gasteiger partial charge in [-0.1, -0.05) is 6.42 Å². The maximum Gasteiger partial charge on any atom is 0.343 e. The quantitative estimate of drug-likeness (QED) is 0.405. The van der Waals surface area contributed by atoms with E-state index >= 15 is 0 Å². The molecule has 0 N–H and O–H groups in total. The van der Waals surface area contributed by atoms with Gasteiger partial charge in [0.1, 0.15) is 11.0 Å². The van der Waals surface area contributed by atoms with E-state index in [1.807, 2.05) is 0 Å². The van der Waals surface area contributed by atoms with Crippen molar-refractivity contribution in [3.05, 3.63) is 11.3 Å². The Labute approximate surface area is 111 Å². The lowest BCUT2D eigenvalue weighted by Crippen LogP contribution is -2.58. The average molecular weight is 263 g/mol. The second-order valence-corrected chi connectivity index (χ2v) is 5.49. The highest BCUT2D eigenvalue weighted by Crippen LogP contribution is 2.50. The van der Waals surface area contributed by atoms with Gasteiger partial charge in [0, 0.05) is 12.2 Å². The van der Waals surface area contributed by atoms with Crippen LogP contribution in [0.1, 0.15) is 38.5 Å². The maximum atomic E-state index is 12.6. The number of amides is 1. The van der Waals surface area contributed by atoms with Crippen molar-refractivity contribution in [2.45, 2.75) is 38.5 Å². The fourth-order valence-electron chi connectivity index (χ4n) is 3.33. The predicted molar refractivity (Wildman–Crippen MR) is 65.9 cm³/mol. The first-order chi connectivity index (χ1) is 9.12. The third-order valence-corrected chi connectivity index (χ3v) is 4.57. The molecule has 0 atom stereocenters. The lowest BCUT2D eigenvalue weighted by atomic mass is 9.61. The van der Waals surface area contributed by atoms with Gasteiger partial charge in [-0.3, -0.25) is 9.59 Å². The predicted octanol–water partition coefficient (Wildman–Crippen LogP) is 1.18. The number of hydrogen-bond donors (Lipinski definition) is 0. The summed E-state index contributed by atoms with van der Waals surface area (Å²) in [5.41, 5.74) is -0.239. The number of nitrogens with zero attached hydrogens (tertiary/aromatic N) is 1. The van der Waals surface area contributed by atoms with E-state index in [1.54, 1.807) is 4.90 Å². The zero-order valence-corrected chi connectivity index (χ0v) is 11.0. The van der Waals surface area contributed by atoms with Crippen molar-refractivity contribution in [1.29, 1.82) is 0 Å². The first-order valence-electron chi connectivity index (χ1n) is 6.80. The van der Waals surface area contributed by atoms with Crippen LogP contribution in [-0.2, 0) is 19.1 Å². The van der Waals surface area contributed by atoms with Crippen molar-refractivity contribution < 1.29 is 19.1 Å². The van der Waals surface area contributed by atoms with Crippen LogP contribution in [0.2, 0.25) is 0 Å². The molecule has 5 nitrogen and oxygen atoms in total. The minimum atomic E-state index is -0.954. The van der Waals surface area contributed by atoms with Crippen LogP contribution in [0.15, 0.2) is 11.3 Å². The molecular formula is C14H17NO4. The second kappa shape index (κ2) is 4.18. The largest absolute Gasteiger partial charge is 0.465 e. The summed E-state index contributed by atoms with van der Waals surface area (Å²) in [7, 11) is 1.28. The number of carbonyl (C=O) groups is 3. The summed E-state index contributed by atoms with van der Waals surface area (Å²) < 4.78 is 4.75. The molecule has 3 aliphatic rings. The average Bonchev–Trinajstić information content (AvgIpc) is 2.37. The van der Waals surface area contributed by atoms with Crippen LogP contribution >= 0.6 is 0 Å². The minimum absolute atomic E-state index is 0.0916. The van der Waals surface area contributed by atoms with E-state index < -0.39 is 11.4 Å². The number of carbonyl (C=O) groups excluding carboxylic acids is 3. The van der Waals surface area contributed by atoms with Crippen LogP contribution in [0.4, 0.5) is 0 Å². The first kappa shape index (κ1) is 12.4. The Morgan fingerprint density at radius 1 is 1.21 bits per heavy atom. The van der Waals surface area contributed by atoms with Gasteiger partial charge in [-0.2, -0.15) is 0 Å². The smallest absolute Gasteiger partial charge is 0.343 e. The van der Waals surface area contributed by atoms with E-state index in [0.717, 1.165) is 19.3 Å². The number of esters is 1. The molecule has 2 aliphatic heterocycles. The summed E-state index contributed by atoms with van der Waals surface area (Å²) in [4.78, 5) is 38.7. The van der Waals surface area contributed by atoms with Gasteiger partial charge >= 0.3 is 5.97 Å². The molecule has 1 saturated heterocycles. The number of methoxy groups -OCH3 is 1. The fraction of sp³-hybridized carbons (Fsp3) is 0.643. The number of fused-ring (bicyclic) bond motifs is 1. The normalized spacial score (nSPS) is 25.2. The number of ketones is 1. The summed E-state index contributed by atoms with van der Waals surface area (Å²) in [6, 6.07) is 0. The molecule has 1 spiro atoms. The van der Waals surface area contributed by atoms with Crippen molar-refractivity contribution in [3.63, 3.8) is 0 Å². The lowest BCUT2D eigenvalue weighted by molar-refractivity contribution is -0.157.